The topological polar surface area (TPSA) is 75.4 Å². The summed E-state index contributed by atoms with van der Waals surface area (Å²) in [7, 11) is 0. The van der Waals surface area contributed by atoms with Crippen LogP contribution in [0.1, 0.15) is 36.8 Å². The summed E-state index contributed by atoms with van der Waals surface area (Å²) < 4.78 is 17.5. The maximum absolute atomic E-state index is 9.45. The van der Waals surface area contributed by atoms with Gasteiger partial charge in [0.15, 0.2) is 5.76 Å². The van der Waals surface area contributed by atoms with Gasteiger partial charge in [-0.25, -0.2) is 0 Å². The lowest BCUT2D eigenvalue weighted by Gasteiger charge is -2.29. The number of anilines is 1. The molecule has 0 saturated carbocycles. The Kier molecular flexibility index (Phi) is 5.07. The second-order valence-corrected chi connectivity index (χ2v) is 7.33. The van der Waals surface area contributed by atoms with Crippen LogP contribution in [0.4, 0.5) is 5.88 Å². The van der Waals surface area contributed by atoms with Crippen LogP contribution in [-0.4, -0.2) is 18.1 Å². The summed E-state index contributed by atoms with van der Waals surface area (Å²) in [5, 5.41) is 9.45. The van der Waals surface area contributed by atoms with Crippen molar-refractivity contribution in [3.63, 3.8) is 0 Å². The van der Waals surface area contributed by atoms with E-state index in [1.165, 1.54) is 0 Å². The molecule has 1 aromatic carbocycles. The monoisotopic (exact) mass is 377 g/mol. The van der Waals surface area contributed by atoms with Crippen molar-refractivity contribution in [3.8, 4) is 23.5 Å². The quantitative estimate of drug-likeness (QED) is 0.627. The summed E-state index contributed by atoms with van der Waals surface area (Å²) in [5.41, 5.74) is 1.44. The van der Waals surface area contributed by atoms with Crippen LogP contribution in [-0.2, 0) is 6.61 Å². The molecule has 1 saturated heterocycles. The van der Waals surface area contributed by atoms with Crippen molar-refractivity contribution in [2.45, 2.75) is 33.3 Å². The van der Waals surface area contributed by atoms with Gasteiger partial charge in [-0.2, -0.15) is 10.2 Å². The first-order valence-electron chi connectivity index (χ1n) is 9.57. The van der Waals surface area contributed by atoms with Gasteiger partial charge in [0.2, 0.25) is 11.6 Å². The number of oxazole rings is 1. The number of hydrogen-bond acceptors (Lipinski definition) is 6. The molecular weight excluding hydrogens is 354 g/mol. The third-order valence-corrected chi connectivity index (χ3v) is 5.03. The fraction of sp³-hybridized carbons (Fsp3) is 0.364. The summed E-state index contributed by atoms with van der Waals surface area (Å²) in [4.78, 5) is 6.43. The van der Waals surface area contributed by atoms with E-state index >= 15 is 0 Å². The first kappa shape index (κ1) is 18.2. The molecule has 0 unspecified atom stereocenters. The van der Waals surface area contributed by atoms with Crippen LogP contribution in [0.15, 0.2) is 45.2 Å². The molecule has 28 heavy (non-hydrogen) atoms. The van der Waals surface area contributed by atoms with Crippen molar-refractivity contribution < 1.29 is 13.6 Å². The van der Waals surface area contributed by atoms with Gasteiger partial charge in [-0.15, -0.1) is 0 Å². The molecule has 1 aliphatic rings. The lowest BCUT2D eigenvalue weighted by Crippen LogP contribution is -2.32. The molecule has 6 nitrogen and oxygen atoms in total. The number of nitriles is 1. The molecule has 2 aromatic heterocycles. The highest BCUT2D eigenvalue weighted by Gasteiger charge is 2.25. The fourth-order valence-electron chi connectivity index (χ4n) is 3.35. The van der Waals surface area contributed by atoms with Gasteiger partial charge >= 0.3 is 0 Å². The van der Waals surface area contributed by atoms with Gasteiger partial charge in [0.25, 0.3) is 5.89 Å². The highest BCUT2D eigenvalue weighted by molar-refractivity contribution is 5.56. The zero-order chi connectivity index (χ0) is 19.5. The van der Waals surface area contributed by atoms with Crippen molar-refractivity contribution in [3.05, 3.63) is 53.4 Å². The van der Waals surface area contributed by atoms with Crippen LogP contribution >= 0.6 is 0 Å². The maximum Gasteiger partial charge on any atom is 0.266 e. The SMILES string of the molecule is Cc1cccc(OCc2ccc(-c3nc(C#N)c(N4CCC(C)CC4)o3)o2)c1. The van der Waals surface area contributed by atoms with Crippen LogP contribution in [0.3, 0.4) is 0 Å². The maximum atomic E-state index is 9.45. The minimum Gasteiger partial charge on any atom is -0.486 e. The molecule has 0 N–H and O–H groups in total. The zero-order valence-corrected chi connectivity index (χ0v) is 16.1. The lowest BCUT2D eigenvalue weighted by atomic mass is 9.99. The molecule has 0 radical (unpaired) electrons. The van der Waals surface area contributed by atoms with E-state index in [2.05, 4.69) is 22.9 Å². The van der Waals surface area contributed by atoms with Gasteiger partial charge < -0.3 is 18.5 Å². The number of piperidine rings is 1. The van der Waals surface area contributed by atoms with Crippen LogP contribution in [0, 0.1) is 24.2 Å². The number of hydrogen-bond donors (Lipinski definition) is 0. The number of benzene rings is 1. The summed E-state index contributed by atoms with van der Waals surface area (Å²) in [5.74, 6) is 3.52. The van der Waals surface area contributed by atoms with E-state index in [0.29, 0.717) is 41.5 Å². The van der Waals surface area contributed by atoms with Crippen LogP contribution in [0.5, 0.6) is 5.75 Å². The molecule has 4 rings (SSSR count). The summed E-state index contributed by atoms with van der Waals surface area (Å²) in [6, 6.07) is 13.6. The molecule has 0 atom stereocenters. The van der Waals surface area contributed by atoms with E-state index in [-0.39, 0.29) is 0 Å². The van der Waals surface area contributed by atoms with Gasteiger partial charge in [-0.3, -0.25) is 0 Å². The molecule has 1 aliphatic heterocycles. The smallest absolute Gasteiger partial charge is 0.266 e. The van der Waals surface area contributed by atoms with Crippen molar-refractivity contribution in [1.82, 2.24) is 4.98 Å². The van der Waals surface area contributed by atoms with Crippen molar-refractivity contribution >= 4 is 5.88 Å². The molecule has 3 heterocycles. The van der Waals surface area contributed by atoms with Gasteiger partial charge in [0.1, 0.15) is 24.2 Å². The van der Waals surface area contributed by atoms with Crippen LogP contribution in [0.25, 0.3) is 11.7 Å². The summed E-state index contributed by atoms with van der Waals surface area (Å²) in [6.45, 7) is 6.33. The van der Waals surface area contributed by atoms with Gasteiger partial charge in [0, 0.05) is 13.1 Å². The minimum atomic E-state index is 0.304. The van der Waals surface area contributed by atoms with Crippen molar-refractivity contribution in [1.29, 1.82) is 5.26 Å². The largest absolute Gasteiger partial charge is 0.486 e. The van der Waals surface area contributed by atoms with Crippen LogP contribution in [0.2, 0.25) is 0 Å². The lowest BCUT2D eigenvalue weighted by molar-refractivity contribution is 0.271. The van der Waals surface area contributed by atoms with E-state index in [1.807, 2.05) is 37.3 Å². The highest BCUT2D eigenvalue weighted by atomic mass is 16.5. The van der Waals surface area contributed by atoms with E-state index in [9.17, 15) is 5.26 Å². The van der Waals surface area contributed by atoms with Crippen LogP contribution < -0.4 is 9.64 Å². The number of aryl methyl sites for hydroxylation is 1. The fourth-order valence-corrected chi connectivity index (χ4v) is 3.35. The summed E-state index contributed by atoms with van der Waals surface area (Å²) in [6.07, 6.45) is 2.17. The van der Waals surface area contributed by atoms with Crippen molar-refractivity contribution in [2.75, 3.05) is 18.0 Å². The predicted molar refractivity (Wildman–Crippen MR) is 105 cm³/mol. The normalized spacial score (nSPS) is 14.8. The Hall–Kier alpha value is -3.20. The molecular formula is C22H23N3O3. The molecule has 0 aliphatic carbocycles. The molecule has 0 amide bonds. The molecule has 1 fully saturated rings. The molecule has 3 aromatic rings. The molecule has 144 valence electrons. The Balaban J connectivity index is 1.48. The Labute approximate surface area is 164 Å². The average Bonchev–Trinajstić information content (AvgIpc) is 3.34. The molecule has 0 bridgehead atoms. The number of aromatic nitrogens is 1. The van der Waals surface area contributed by atoms with E-state index in [4.69, 9.17) is 13.6 Å². The third kappa shape index (κ3) is 3.89. The number of rotatable bonds is 5. The number of ether oxygens (including phenoxy) is 1. The predicted octanol–water partition coefficient (Wildman–Crippen LogP) is 4.93. The van der Waals surface area contributed by atoms with Gasteiger partial charge in [0.05, 0.1) is 0 Å². The second kappa shape index (κ2) is 7.81. The summed E-state index contributed by atoms with van der Waals surface area (Å²) >= 11 is 0. The number of nitrogens with zero attached hydrogens (tertiary/aromatic N) is 3. The Morgan fingerprint density at radius 1 is 1.21 bits per heavy atom. The first-order valence-corrected chi connectivity index (χ1v) is 9.57. The second-order valence-electron chi connectivity index (χ2n) is 7.33. The highest BCUT2D eigenvalue weighted by Crippen LogP contribution is 2.32. The zero-order valence-electron chi connectivity index (χ0n) is 16.1. The Morgan fingerprint density at radius 3 is 2.79 bits per heavy atom. The van der Waals surface area contributed by atoms with E-state index < -0.39 is 0 Å². The molecule has 0 spiro atoms. The standard InChI is InChI=1S/C22H23N3O3/c1-15-8-10-25(11-9-15)22-19(13-23)24-21(28-22)20-7-6-18(27-20)14-26-17-5-3-4-16(2)12-17/h3-7,12,15H,8-11,14H2,1-2H3. The van der Waals surface area contributed by atoms with E-state index in [1.54, 1.807) is 6.07 Å². The first-order chi connectivity index (χ1) is 13.6. The average molecular weight is 377 g/mol. The third-order valence-electron chi connectivity index (χ3n) is 5.03. The minimum absolute atomic E-state index is 0.304. The van der Waals surface area contributed by atoms with E-state index in [0.717, 1.165) is 37.2 Å². The van der Waals surface area contributed by atoms with Gasteiger partial charge in [-0.1, -0.05) is 19.1 Å². The Morgan fingerprint density at radius 2 is 2.04 bits per heavy atom. The van der Waals surface area contributed by atoms with Crippen molar-refractivity contribution in [2.24, 2.45) is 5.92 Å². The number of furan rings is 1. The van der Waals surface area contributed by atoms with Gasteiger partial charge in [-0.05, 0) is 55.5 Å². The molecule has 6 heteroatoms. The Bertz CT molecular complexity index is 991.